The van der Waals surface area contributed by atoms with Crippen molar-refractivity contribution in [3.8, 4) is 22.9 Å². The van der Waals surface area contributed by atoms with Crippen LogP contribution < -0.4 is 0 Å². The molecule has 0 bridgehead atoms. The Morgan fingerprint density at radius 3 is 2.58 bits per heavy atom. The maximum Gasteiger partial charge on any atom is 0.197 e. The largest absolute Gasteiger partial charge is 0.342 e. The first kappa shape index (κ1) is 12.3. The fourth-order valence-corrected chi connectivity index (χ4v) is 2.28. The number of nitrogens with one attached hydrogen (secondary N) is 1. The number of imidazole rings is 1. The van der Waals surface area contributed by atoms with Crippen LogP contribution in [0.1, 0.15) is 0 Å². The second-order valence-electron chi connectivity index (χ2n) is 3.80. The Bertz CT molecular complexity index is 698. The van der Waals surface area contributed by atoms with Crippen LogP contribution in [0.3, 0.4) is 0 Å². The van der Waals surface area contributed by atoms with E-state index in [2.05, 4.69) is 35.9 Å². The highest BCUT2D eigenvalue weighted by Gasteiger charge is 2.14. The van der Waals surface area contributed by atoms with Crippen molar-refractivity contribution < 1.29 is 0 Å². The van der Waals surface area contributed by atoms with Gasteiger partial charge in [-0.2, -0.15) is 0 Å². The van der Waals surface area contributed by atoms with Gasteiger partial charge in [0.1, 0.15) is 5.15 Å². The van der Waals surface area contributed by atoms with Crippen molar-refractivity contribution in [2.45, 2.75) is 0 Å². The summed E-state index contributed by atoms with van der Waals surface area (Å²) < 4.78 is 0.677. The molecule has 1 aromatic carbocycles. The number of H-pyrrole nitrogens is 1. The first-order valence-electron chi connectivity index (χ1n) is 5.54. The minimum Gasteiger partial charge on any atom is -0.342 e. The van der Waals surface area contributed by atoms with E-state index in [1.54, 1.807) is 12.4 Å². The lowest BCUT2D eigenvalue weighted by Crippen LogP contribution is -1.96. The van der Waals surface area contributed by atoms with Gasteiger partial charge in [-0.05, 0) is 15.9 Å². The summed E-state index contributed by atoms with van der Waals surface area (Å²) in [5, 5.41) is 0.361. The predicted octanol–water partition coefficient (Wildman–Crippen LogP) is 3.95. The van der Waals surface area contributed by atoms with Crippen molar-refractivity contribution in [3.63, 3.8) is 0 Å². The van der Waals surface area contributed by atoms with Crippen LogP contribution in [0.2, 0.25) is 5.15 Å². The molecule has 6 heteroatoms. The number of benzene rings is 1. The van der Waals surface area contributed by atoms with E-state index in [4.69, 9.17) is 11.6 Å². The van der Waals surface area contributed by atoms with Crippen LogP contribution >= 0.6 is 27.5 Å². The summed E-state index contributed by atoms with van der Waals surface area (Å²) in [6.45, 7) is 0. The fraction of sp³-hybridized carbons (Fsp3) is 0. The molecule has 2 heterocycles. The van der Waals surface area contributed by atoms with Gasteiger partial charge in [-0.1, -0.05) is 41.9 Å². The van der Waals surface area contributed by atoms with Gasteiger partial charge in [0.25, 0.3) is 0 Å². The van der Waals surface area contributed by atoms with Crippen LogP contribution in [0.4, 0.5) is 0 Å². The lowest BCUT2D eigenvalue weighted by molar-refractivity contribution is 1.11. The minimum atomic E-state index is 0.361. The molecular weight excluding hydrogens is 328 g/mol. The van der Waals surface area contributed by atoms with Crippen molar-refractivity contribution >= 4 is 27.5 Å². The standard InChI is InChI=1S/C13H8BrClN4/c14-9-10(8-4-2-1-3-5-8)18-13(19-11(9)15)12-16-6-7-17-12/h1-7H,(H,16,17). The zero-order valence-corrected chi connectivity index (χ0v) is 12.0. The van der Waals surface area contributed by atoms with E-state index in [0.717, 1.165) is 11.3 Å². The average Bonchev–Trinajstić information content (AvgIpc) is 2.97. The molecule has 0 aliphatic rings. The molecular formula is C13H8BrClN4. The smallest absolute Gasteiger partial charge is 0.197 e. The van der Waals surface area contributed by atoms with E-state index < -0.39 is 0 Å². The van der Waals surface area contributed by atoms with Crippen LogP contribution in [0.25, 0.3) is 22.9 Å². The highest BCUT2D eigenvalue weighted by Crippen LogP contribution is 2.32. The summed E-state index contributed by atoms with van der Waals surface area (Å²) in [6.07, 6.45) is 3.37. The zero-order chi connectivity index (χ0) is 13.2. The molecule has 19 heavy (non-hydrogen) atoms. The number of rotatable bonds is 2. The molecule has 0 aliphatic heterocycles. The van der Waals surface area contributed by atoms with Gasteiger partial charge in [0.15, 0.2) is 11.6 Å². The zero-order valence-electron chi connectivity index (χ0n) is 9.64. The van der Waals surface area contributed by atoms with Crippen LogP contribution in [0, 0.1) is 0 Å². The van der Waals surface area contributed by atoms with Crippen molar-refractivity contribution in [1.82, 2.24) is 19.9 Å². The number of halogens is 2. The Labute approximate surface area is 123 Å². The maximum atomic E-state index is 6.15. The van der Waals surface area contributed by atoms with Gasteiger partial charge in [0, 0.05) is 18.0 Å². The summed E-state index contributed by atoms with van der Waals surface area (Å²) in [6, 6.07) is 9.78. The summed E-state index contributed by atoms with van der Waals surface area (Å²) >= 11 is 9.57. The Kier molecular flexibility index (Phi) is 3.31. The number of nitrogens with zero attached hydrogens (tertiary/aromatic N) is 3. The molecule has 1 N–H and O–H groups in total. The van der Waals surface area contributed by atoms with Gasteiger partial charge in [-0.3, -0.25) is 0 Å². The number of hydrogen-bond acceptors (Lipinski definition) is 3. The third-order valence-electron chi connectivity index (χ3n) is 2.57. The van der Waals surface area contributed by atoms with E-state index in [1.165, 1.54) is 0 Å². The molecule has 94 valence electrons. The number of aromatic nitrogens is 4. The van der Waals surface area contributed by atoms with E-state index >= 15 is 0 Å². The third-order valence-corrected chi connectivity index (χ3v) is 3.82. The number of hydrogen-bond donors (Lipinski definition) is 1. The van der Waals surface area contributed by atoms with Crippen molar-refractivity contribution in [1.29, 1.82) is 0 Å². The molecule has 3 aromatic rings. The van der Waals surface area contributed by atoms with Gasteiger partial charge in [0.2, 0.25) is 0 Å². The lowest BCUT2D eigenvalue weighted by Gasteiger charge is -2.07. The molecule has 0 amide bonds. The van der Waals surface area contributed by atoms with Crippen LogP contribution in [-0.4, -0.2) is 19.9 Å². The van der Waals surface area contributed by atoms with Gasteiger partial charge in [-0.25, -0.2) is 15.0 Å². The Hall–Kier alpha value is -1.72. The summed E-state index contributed by atoms with van der Waals surface area (Å²) in [4.78, 5) is 15.8. The normalized spacial score (nSPS) is 10.6. The monoisotopic (exact) mass is 334 g/mol. The van der Waals surface area contributed by atoms with Crippen molar-refractivity contribution in [2.24, 2.45) is 0 Å². The SMILES string of the molecule is Clc1nc(-c2ncc[nH]2)nc(-c2ccccc2)c1Br. The van der Waals surface area contributed by atoms with E-state index in [9.17, 15) is 0 Å². The summed E-state index contributed by atoms with van der Waals surface area (Å²) in [5.41, 5.74) is 1.71. The Morgan fingerprint density at radius 1 is 1.11 bits per heavy atom. The van der Waals surface area contributed by atoms with E-state index in [0.29, 0.717) is 21.3 Å². The number of aromatic amines is 1. The van der Waals surface area contributed by atoms with Gasteiger partial charge in [-0.15, -0.1) is 0 Å². The quantitative estimate of drug-likeness (QED) is 0.721. The summed E-state index contributed by atoms with van der Waals surface area (Å²) in [7, 11) is 0. The minimum absolute atomic E-state index is 0.361. The van der Waals surface area contributed by atoms with Crippen LogP contribution in [-0.2, 0) is 0 Å². The lowest BCUT2D eigenvalue weighted by atomic mass is 10.1. The molecule has 2 aromatic heterocycles. The highest BCUT2D eigenvalue weighted by atomic mass is 79.9. The van der Waals surface area contributed by atoms with Gasteiger partial charge < -0.3 is 4.98 Å². The first-order valence-corrected chi connectivity index (χ1v) is 6.71. The second-order valence-corrected chi connectivity index (χ2v) is 4.96. The topological polar surface area (TPSA) is 54.5 Å². The fourth-order valence-electron chi connectivity index (χ4n) is 1.70. The highest BCUT2D eigenvalue weighted by molar-refractivity contribution is 9.10. The average molecular weight is 336 g/mol. The Morgan fingerprint density at radius 2 is 1.89 bits per heavy atom. The van der Waals surface area contributed by atoms with Gasteiger partial charge in [0.05, 0.1) is 10.2 Å². The summed E-state index contributed by atoms with van der Waals surface area (Å²) in [5.74, 6) is 1.06. The van der Waals surface area contributed by atoms with E-state index in [1.807, 2.05) is 30.3 Å². The van der Waals surface area contributed by atoms with Gasteiger partial charge >= 0.3 is 0 Å². The first-order chi connectivity index (χ1) is 9.25. The van der Waals surface area contributed by atoms with Crippen molar-refractivity contribution in [3.05, 3.63) is 52.4 Å². The molecule has 0 aliphatic carbocycles. The molecule has 0 radical (unpaired) electrons. The molecule has 3 rings (SSSR count). The molecule has 0 unspecified atom stereocenters. The molecule has 0 atom stereocenters. The van der Waals surface area contributed by atoms with E-state index in [-0.39, 0.29) is 0 Å². The molecule has 0 saturated heterocycles. The van der Waals surface area contributed by atoms with Crippen LogP contribution in [0.15, 0.2) is 47.2 Å². The van der Waals surface area contributed by atoms with Crippen LogP contribution in [0.5, 0.6) is 0 Å². The second kappa shape index (κ2) is 5.11. The third kappa shape index (κ3) is 2.39. The molecule has 0 saturated carbocycles. The molecule has 4 nitrogen and oxygen atoms in total. The Balaban J connectivity index is 2.20. The maximum absolute atomic E-state index is 6.15. The van der Waals surface area contributed by atoms with Crippen molar-refractivity contribution in [2.75, 3.05) is 0 Å². The molecule has 0 fully saturated rings. The predicted molar refractivity (Wildman–Crippen MR) is 77.8 cm³/mol. The molecule has 0 spiro atoms.